The summed E-state index contributed by atoms with van der Waals surface area (Å²) in [6, 6.07) is 0.654. The third-order valence-electron chi connectivity index (χ3n) is 3.39. The smallest absolute Gasteiger partial charge is 0.221 e. The zero-order valence-electron chi connectivity index (χ0n) is 10.8. The number of nitrogens with one attached hydrogen (secondary N) is 2. The van der Waals surface area contributed by atoms with Gasteiger partial charge in [-0.3, -0.25) is 4.79 Å². The molecule has 1 amide bonds. The Bertz CT molecular complexity index is 220. The summed E-state index contributed by atoms with van der Waals surface area (Å²) >= 11 is 0. The SMILES string of the molecule is CCNC1CCN(CCC(=O)NC)CC1C. The molecule has 0 saturated carbocycles. The first kappa shape index (κ1) is 13.5. The van der Waals surface area contributed by atoms with E-state index in [1.54, 1.807) is 7.05 Å². The Labute approximate surface area is 98.8 Å². The Kier molecular flexibility index (Phi) is 5.77. The minimum absolute atomic E-state index is 0.140. The molecular formula is C12H25N3O. The first-order valence-electron chi connectivity index (χ1n) is 6.33. The highest BCUT2D eigenvalue weighted by Gasteiger charge is 2.24. The second-order valence-electron chi connectivity index (χ2n) is 4.65. The van der Waals surface area contributed by atoms with Crippen molar-refractivity contribution in [1.82, 2.24) is 15.5 Å². The van der Waals surface area contributed by atoms with E-state index in [1.165, 1.54) is 6.42 Å². The van der Waals surface area contributed by atoms with Gasteiger partial charge in [0, 0.05) is 32.6 Å². The van der Waals surface area contributed by atoms with Crippen molar-refractivity contribution in [3.05, 3.63) is 0 Å². The van der Waals surface area contributed by atoms with Crippen LogP contribution in [-0.2, 0) is 4.79 Å². The molecule has 1 aliphatic heterocycles. The number of hydrogen-bond donors (Lipinski definition) is 2. The highest BCUT2D eigenvalue weighted by Crippen LogP contribution is 2.16. The van der Waals surface area contributed by atoms with Crippen molar-refractivity contribution in [1.29, 1.82) is 0 Å². The minimum atomic E-state index is 0.140. The van der Waals surface area contributed by atoms with Crippen molar-refractivity contribution in [2.75, 3.05) is 33.2 Å². The average Bonchev–Trinajstić information content (AvgIpc) is 2.29. The van der Waals surface area contributed by atoms with Crippen molar-refractivity contribution in [2.24, 2.45) is 5.92 Å². The fraction of sp³-hybridized carbons (Fsp3) is 0.917. The van der Waals surface area contributed by atoms with Gasteiger partial charge < -0.3 is 15.5 Å². The van der Waals surface area contributed by atoms with Gasteiger partial charge in [0.15, 0.2) is 0 Å². The first-order valence-corrected chi connectivity index (χ1v) is 6.33. The fourth-order valence-corrected chi connectivity index (χ4v) is 2.39. The van der Waals surface area contributed by atoms with Gasteiger partial charge in [-0.05, 0) is 25.4 Å². The number of nitrogens with zero attached hydrogens (tertiary/aromatic N) is 1. The summed E-state index contributed by atoms with van der Waals surface area (Å²) in [6.07, 6.45) is 1.82. The van der Waals surface area contributed by atoms with E-state index >= 15 is 0 Å². The molecule has 1 aliphatic rings. The number of carbonyl (C=O) groups is 1. The maximum atomic E-state index is 11.2. The first-order chi connectivity index (χ1) is 7.67. The van der Waals surface area contributed by atoms with E-state index in [0.29, 0.717) is 18.4 Å². The number of amides is 1. The lowest BCUT2D eigenvalue weighted by Crippen LogP contribution is -2.48. The van der Waals surface area contributed by atoms with Crippen LogP contribution >= 0.6 is 0 Å². The molecule has 1 saturated heterocycles. The average molecular weight is 227 g/mol. The highest BCUT2D eigenvalue weighted by molar-refractivity contribution is 5.75. The Morgan fingerprint density at radius 3 is 2.81 bits per heavy atom. The molecular weight excluding hydrogens is 202 g/mol. The predicted molar refractivity (Wildman–Crippen MR) is 66.4 cm³/mol. The predicted octanol–water partition coefficient (Wildman–Crippen LogP) is 0.442. The summed E-state index contributed by atoms with van der Waals surface area (Å²) < 4.78 is 0. The minimum Gasteiger partial charge on any atom is -0.359 e. The zero-order chi connectivity index (χ0) is 12.0. The van der Waals surface area contributed by atoms with Crippen molar-refractivity contribution in [3.8, 4) is 0 Å². The summed E-state index contributed by atoms with van der Waals surface area (Å²) in [5.41, 5.74) is 0. The van der Waals surface area contributed by atoms with E-state index in [0.717, 1.165) is 26.2 Å². The van der Waals surface area contributed by atoms with Crippen molar-refractivity contribution in [2.45, 2.75) is 32.7 Å². The summed E-state index contributed by atoms with van der Waals surface area (Å²) in [5, 5.41) is 6.19. The van der Waals surface area contributed by atoms with E-state index in [2.05, 4.69) is 29.4 Å². The zero-order valence-corrected chi connectivity index (χ0v) is 10.8. The molecule has 0 aromatic carbocycles. The van der Waals surface area contributed by atoms with Crippen LogP contribution < -0.4 is 10.6 Å². The van der Waals surface area contributed by atoms with Crippen LogP contribution in [-0.4, -0.2) is 50.1 Å². The maximum absolute atomic E-state index is 11.2. The molecule has 0 aromatic rings. The van der Waals surface area contributed by atoms with Crippen LogP contribution in [0.15, 0.2) is 0 Å². The number of carbonyl (C=O) groups excluding carboxylic acids is 1. The molecule has 2 atom stereocenters. The molecule has 0 aliphatic carbocycles. The lowest BCUT2D eigenvalue weighted by atomic mass is 9.94. The molecule has 2 unspecified atom stereocenters. The van der Waals surface area contributed by atoms with Crippen LogP contribution in [0, 0.1) is 5.92 Å². The number of hydrogen-bond acceptors (Lipinski definition) is 3. The van der Waals surface area contributed by atoms with E-state index < -0.39 is 0 Å². The van der Waals surface area contributed by atoms with Gasteiger partial charge in [0.05, 0.1) is 0 Å². The number of likely N-dealkylation sites (tertiary alicyclic amines) is 1. The lowest BCUT2D eigenvalue weighted by molar-refractivity contribution is -0.121. The van der Waals surface area contributed by atoms with Gasteiger partial charge in [-0.25, -0.2) is 0 Å². The third kappa shape index (κ3) is 4.10. The summed E-state index contributed by atoms with van der Waals surface area (Å²) in [6.45, 7) is 8.60. The van der Waals surface area contributed by atoms with Gasteiger partial charge in [-0.15, -0.1) is 0 Å². The summed E-state index contributed by atoms with van der Waals surface area (Å²) in [4.78, 5) is 13.5. The van der Waals surface area contributed by atoms with E-state index in [4.69, 9.17) is 0 Å². The van der Waals surface area contributed by atoms with Crippen LogP contribution in [0.1, 0.15) is 26.7 Å². The molecule has 1 fully saturated rings. The molecule has 1 heterocycles. The van der Waals surface area contributed by atoms with Crippen molar-refractivity contribution < 1.29 is 4.79 Å². The second-order valence-corrected chi connectivity index (χ2v) is 4.65. The normalized spacial score (nSPS) is 26.7. The van der Waals surface area contributed by atoms with Crippen LogP contribution in [0.4, 0.5) is 0 Å². The van der Waals surface area contributed by atoms with Gasteiger partial charge >= 0.3 is 0 Å². The Hall–Kier alpha value is -0.610. The van der Waals surface area contributed by atoms with E-state index in [9.17, 15) is 4.79 Å². The van der Waals surface area contributed by atoms with Crippen molar-refractivity contribution >= 4 is 5.91 Å². The standard InChI is InChI=1S/C12H25N3O/c1-4-14-11-5-7-15(9-10(11)2)8-6-12(16)13-3/h10-11,14H,4-9H2,1-3H3,(H,13,16). The molecule has 16 heavy (non-hydrogen) atoms. The summed E-state index contributed by atoms with van der Waals surface area (Å²) in [5.74, 6) is 0.819. The molecule has 0 aromatic heterocycles. The third-order valence-corrected chi connectivity index (χ3v) is 3.39. The number of piperidine rings is 1. The van der Waals surface area contributed by atoms with E-state index in [-0.39, 0.29) is 5.91 Å². The van der Waals surface area contributed by atoms with Gasteiger partial charge in [0.25, 0.3) is 0 Å². The Morgan fingerprint density at radius 2 is 2.25 bits per heavy atom. The molecule has 0 spiro atoms. The molecule has 0 radical (unpaired) electrons. The summed E-state index contributed by atoms with van der Waals surface area (Å²) in [7, 11) is 1.70. The van der Waals surface area contributed by atoms with Crippen LogP contribution in [0.3, 0.4) is 0 Å². The topological polar surface area (TPSA) is 44.4 Å². The quantitative estimate of drug-likeness (QED) is 0.716. The molecule has 4 nitrogen and oxygen atoms in total. The molecule has 1 rings (SSSR count). The van der Waals surface area contributed by atoms with Gasteiger partial charge in [0.1, 0.15) is 0 Å². The van der Waals surface area contributed by atoms with Crippen LogP contribution in [0.2, 0.25) is 0 Å². The Balaban J connectivity index is 2.25. The Morgan fingerprint density at radius 1 is 1.50 bits per heavy atom. The lowest BCUT2D eigenvalue weighted by Gasteiger charge is -2.37. The monoisotopic (exact) mass is 227 g/mol. The van der Waals surface area contributed by atoms with Gasteiger partial charge in [0.2, 0.25) is 5.91 Å². The fourth-order valence-electron chi connectivity index (χ4n) is 2.39. The molecule has 4 heteroatoms. The molecule has 94 valence electrons. The maximum Gasteiger partial charge on any atom is 0.221 e. The van der Waals surface area contributed by atoms with Gasteiger partial charge in [-0.2, -0.15) is 0 Å². The van der Waals surface area contributed by atoms with Crippen molar-refractivity contribution in [3.63, 3.8) is 0 Å². The van der Waals surface area contributed by atoms with Crippen LogP contribution in [0.25, 0.3) is 0 Å². The molecule has 0 bridgehead atoms. The van der Waals surface area contributed by atoms with E-state index in [1.807, 2.05) is 0 Å². The second kappa shape index (κ2) is 6.86. The largest absolute Gasteiger partial charge is 0.359 e. The number of rotatable bonds is 5. The highest BCUT2D eigenvalue weighted by atomic mass is 16.1. The van der Waals surface area contributed by atoms with Crippen LogP contribution in [0.5, 0.6) is 0 Å². The molecule has 2 N–H and O–H groups in total. The van der Waals surface area contributed by atoms with Gasteiger partial charge in [-0.1, -0.05) is 13.8 Å².